The third-order valence-electron chi connectivity index (χ3n) is 2.05. The van der Waals surface area contributed by atoms with Crippen LogP contribution >= 0.6 is 0 Å². The minimum atomic E-state index is -0.222. The Morgan fingerprint density at radius 2 is 1.87 bits per heavy atom. The van der Waals surface area contributed by atoms with Crippen LogP contribution in [-0.2, 0) is 9.59 Å². The molecule has 0 saturated carbocycles. The molecule has 0 radical (unpaired) electrons. The molecule has 0 aliphatic rings. The van der Waals surface area contributed by atoms with Crippen molar-refractivity contribution in [3.8, 4) is 0 Å². The van der Waals surface area contributed by atoms with Gasteiger partial charge in [0.15, 0.2) is 0 Å². The van der Waals surface area contributed by atoms with E-state index in [9.17, 15) is 9.59 Å². The van der Waals surface area contributed by atoms with Crippen LogP contribution in [0.15, 0.2) is 0 Å². The average Bonchev–Trinajstić information content (AvgIpc) is 2.11. The monoisotopic (exact) mass is 216 g/mol. The minimum absolute atomic E-state index is 0.00450. The van der Waals surface area contributed by atoms with E-state index in [0.29, 0.717) is 13.0 Å². The Hall–Kier alpha value is -1.10. The molecule has 0 bridgehead atoms. The molecular weight excluding hydrogens is 196 g/mol. The second-order valence-corrected chi connectivity index (χ2v) is 4.32. The summed E-state index contributed by atoms with van der Waals surface area (Å²) in [7, 11) is 0. The Morgan fingerprint density at radius 3 is 2.33 bits per heavy atom. The van der Waals surface area contributed by atoms with Gasteiger partial charge in [-0.2, -0.15) is 0 Å². The van der Waals surface area contributed by atoms with Gasteiger partial charge in [0.1, 0.15) is 0 Å². The molecule has 0 saturated heterocycles. The molecule has 0 aliphatic carbocycles. The molecule has 0 aromatic heterocycles. The van der Waals surface area contributed by atoms with E-state index in [2.05, 4.69) is 10.6 Å². The molecule has 0 aromatic rings. The van der Waals surface area contributed by atoms with Gasteiger partial charge in [0.05, 0.1) is 6.54 Å². The lowest BCUT2D eigenvalue weighted by Gasteiger charge is -2.23. The van der Waals surface area contributed by atoms with Crippen molar-refractivity contribution in [1.29, 1.82) is 0 Å². The number of rotatable bonds is 6. The van der Waals surface area contributed by atoms with E-state index < -0.39 is 0 Å². The van der Waals surface area contributed by atoms with Gasteiger partial charge >= 0.3 is 0 Å². The first-order chi connectivity index (χ1) is 6.87. The fourth-order valence-electron chi connectivity index (χ4n) is 0.996. The second kappa shape index (κ2) is 6.40. The molecule has 0 heterocycles. The van der Waals surface area contributed by atoms with E-state index in [-0.39, 0.29) is 30.4 Å². The predicted octanol–water partition coefficient (Wildman–Crippen LogP) is -0.353. The summed E-state index contributed by atoms with van der Waals surface area (Å²) >= 11 is 0. The van der Waals surface area contributed by atoms with E-state index in [0.717, 1.165) is 0 Å². The molecule has 0 aliphatic heterocycles. The lowest BCUT2D eigenvalue weighted by molar-refractivity contribution is -0.125. The molecule has 88 valence electrons. The van der Waals surface area contributed by atoms with Gasteiger partial charge in [0.25, 0.3) is 0 Å². The lowest BCUT2D eigenvalue weighted by atomic mass is 9.90. The van der Waals surface area contributed by atoms with Crippen molar-refractivity contribution < 1.29 is 14.7 Å². The molecule has 5 heteroatoms. The highest BCUT2D eigenvalue weighted by Gasteiger charge is 2.17. The van der Waals surface area contributed by atoms with Crippen molar-refractivity contribution in [2.75, 3.05) is 19.7 Å². The van der Waals surface area contributed by atoms with Crippen molar-refractivity contribution in [3.05, 3.63) is 0 Å². The quantitative estimate of drug-likeness (QED) is 0.567. The number of nitrogens with one attached hydrogen (secondary N) is 2. The smallest absolute Gasteiger partial charge is 0.239 e. The number of hydrogen-bond donors (Lipinski definition) is 3. The average molecular weight is 216 g/mol. The number of aliphatic hydroxyl groups is 1. The Kier molecular flexibility index (Phi) is 5.93. The maximum atomic E-state index is 11.2. The highest BCUT2D eigenvalue weighted by molar-refractivity contribution is 5.83. The Morgan fingerprint density at radius 1 is 1.27 bits per heavy atom. The van der Waals surface area contributed by atoms with Crippen LogP contribution in [0.2, 0.25) is 0 Å². The normalized spacial score (nSPS) is 10.9. The molecule has 2 amide bonds. The first kappa shape index (κ1) is 13.9. The molecule has 0 aromatic carbocycles. The minimum Gasteiger partial charge on any atom is -0.396 e. The zero-order chi connectivity index (χ0) is 11.9. The van der Waals surface area contributed by atoms with Gasteiger partial charge in [0, 0.05) is 20.1 Å². The van der Waals surface area contributed by atoms with Crippen LogP contribution in [0.25, 0.3) is 0 Å². The van der Waals surface area contributed by atoms with Crippen LogP contribution in [0.4, 0.5) is 0 Å². The highest BCUT2D eigenvalue weighted by Crippen LogP contribution is 2.17. The number of aliphatic hydroxyl groups excluding tert-OH is 1. The summed E-state index contributed by atoms with van der Waals surface area (Å²) < 4.78 is 0. The zero-order valence-corrected chi connectivity index (χ0v) is 9.59. The molecule has 0 unspecified atom stereocenters. The first-order valence-corrected chi connectivity index (χ1v) is 4.99. The molecule has 3 N–H and O–H groups in total. The summed E-state index contributed by atoms with van der Waals surface area (Å²) in [6, 6.07) is 0. The van der Waals surface area contributed by atoms with Gasteiger partial charge in [-0.25, -0.2) is 0 Å². The van der Waals surface area contributed by atoms with E-state index in [1.807, 2.05) is 13.8 Å². The van der Waals surface area contributed by atoms with Crippen molar-refractivity contribution in [2.24, 2.45) is 5.41 Å². The van der Waals surface area contributed by atoms with E-state index >= 15 is 0 Å². The third-order valence-corrected chi connectivity index (χ3v) is 2.05. The van der Waals surface area contributed by atoms with Crippen molar-refractivity contribution in [1.82, 2.24) is 10.6 Å². The van der Waals surface area contributed by atoms with Crippen molar-refractivity contribution in [2.45, 2.75) is 27.2 Å². The van der Waals surface area contributed by atoms with Gasteiger partial charge in [-0.15, -0.1) is 0 Å². The standard InChI is InChI=1S/C10H20N2O3/c1-8(14)11-6-9(15)12-7-10(2,3)4-5-13/h13H,4-7H2,1-3H3,(H,11,14)(H,12,15). The van der Waals surface area contributed by atoms with Crippen LogP contribution < -0.4 is 10.6 Å². The summed E-state index contributed by atoms with van der Waals surface area (Å²) in [5.74, 6) is -0.434. The van der Waals surface area contributed by atoms with Crippen LogP contribution in [-0.4, -0.2) is 36.6 Å². The van der Waals surface area contributed by atoms with Gasteiger partial charge in [0.2, 0.25) is 11.8 Å². The van der Waals surface area contributed by atoms with Gasteiger partial charge in [-0.1, -0.05) is 13.8 Å². The third kappa shape index (κ3) is 7.93. The fraction of sp³-hybridized carbons (Fsp3) is 0.800. The number of amides is 2. The zero-order valence-electron chi connectivity index (χ0n) is 9.59. The van der Waals surface area contributed by atoms with Gasteiger partial charge in [-0.05, 0) is 11.8 Å². The molecule has 0 fully saturated rings. The summed E-state index contributed by atoms with van der Waals surface area (Å²) in [6.45, 7) is 5.89. The lowest BCUT2D eigenvalue weighted by Crippen LogP contribution is -2.40. The summed E-state index contributed by atoms with van der Waals surface area (Å²) in [5.41, 5.74) is -0.124. The predicted molar refractivity (Wildman–Crippen MR) is 57.2 cm³/mol. The summed E-state index contributed by atoms with van der Waals surface area (Å²) in [5, 5.41) is 13.9. The van der Waals surface area contributed by atoms with Crippen LogP contribution in [0.5, 0.6) is 0 Å². The molecule has 0 rings (SSSR count). The van der Waals surface area contributed by atoms with Gasteiger partial charge in [-0.3, -0.25) is 9.59 Å². The van der Waals surface area contributed by atoms with Crippen LogP contribution in [0.1, 0.15) is 27.2 Å². The Bertz CT molecular complexity index is 227. The SMILES string of the molecule is CC(=O)NCC(=O)NCC(C)(C)CCO. The van der Waals surface area contributed by atoms with Crippen LogP contribution in [0, 0.1) is 5.41 Å². The fourth-order valence-corrected chi connectivity index (χ4v) is 0.996. The van der Waals surface area contributed by atoms with Gasteiger partial charge < -0.3 is 15.7 Å². The molecule has 5 nitrogen and oxygen atoms in total. The van der Waals surface area contributed by atoms with E-state index in [1.165, 1.54) is 6.92 Å². The second-order valence-electron chi connectivity index (χ2n) is 4.32. The topological polar surface area (TPSA) is 78.4 Å². The Balaban J connectivity index is 3.74. The number of carbonyl (C=O) groups is 2. The maximum Gasteiger partial charge on any atom is 0.239 e. The van der Waals surface area contributed by atoms with Crippen molar-refractivity contribution in [3.63, 3.8) is 0 Å². The number of hydrogen-bond acceptors (Lipinski definition) is 3. The molecule has 15 heavy (non-hydrogen) atoms. The Labute approximate surface area is 90.2 Å². The first-order valence-electron chi connectivity index (χ1n) is 4.99. The summed E-state index contributed by atoms with van der Waals surface area (Å²) in [4.78, 5) is 21.7. The molecule has 0 spiro atoms. The highest BCUT2D eigenvalue weighted by atomic mass is 16.3. The van der Waals surface area contributed by atoms with E-state index in [4.69, 9.17) is 5.11 Å². The van der Waals surface area contributed by atoms with Crippen molar-refractivity contribution >= 4 is 11.8 Å². The van der Waals surface area contributed by atoms with E-state index in [1.54, 1.807) is 0 Å². The summed E-state index contributed by atoms with van der Waals surface area (Å²) in [6.07, 6.45) is 0.632. The number of carbonyl (C=O) groups excluding carboxylic acids is 2. The molecule has 0 atom stereocenters. The maximum absolute atomic E-state index is 11.2. The molecular formula is C10H20N2O3. The van der Waals surface area contributed by atoms with Crippen LogP contribution in [0.3, 0.4) is 0 Å². The largest absolute Gasteiger partial charge is 0.396 e.